The molecule has 0 amide bonds. The molecular formula is C10H12FNO. The first-order valence-electron chi connectivity index (χ1n) is 4.41. The van der Waals surface area contributed by atoms with E-state index in [1.165, 1.54) is 6.07 Å². The summed E-state index contributed by atoms with van der Waals surface area (Å²) in [4.78, 5) is 0. The van der Waals surface area contributed by atoms with Crippen molar-refractivity contribution in [3.8, 4) is 0 Å². The van der Waals surface area contributed by atoms with Crippen LogP contribution in [0.5, 0.6) is 0 Å². The molecular weight excluding hydrogens is 169 g/mol. The van der Waals surface area contributed by atoms with Gasteiger partial charge in [0, 0.05) is 0 Å². The van der Waals surface area contributed by atoms with Gasteiger partial charge in [0.05, 0.1) is 12.1 Å². The second-order valence-electron chi connectivity index (χ2n) is 3.44. The Labute approximate surface area is 76.2 Å². The number of hydrogen-bond acceptors (Lipinski definition) is 2. The molecule has 0 radical (unpaired) electrons. The summed E-state index contributed by atoms with van der Waals surface area (Å²) in [6, 6.07) is 4.42. The molecule has 0 unspecified atom stereocenters. The Morgan fingerprint density at radius 1 is 1.46 bits per heavy atom. The van der Waals surface area contributed by atoms with Crippen molar-refractivity contribution in [3.63, 3.8) is 0 Å². The molecule has 2 nitrogen and oxygen atoms in total. The van der Waals surface area contributed by atoms with E-state index in [-0.39, 0.29) is 5.82 Å². The molecule has 0 saturated carbocycles. The molecule has 3 heteroatoms. The van der Waals surface area contributed by atoms with Gasteiger partial charge in [0.2, 0.25) is 0 Å². The maximum absolute atomic E-state index is 13.2. The van der Waals surface area contributed by atoms with E-state index in [9.17, 15) is 9.50 Å². The van der Waals surface area contributed by atoms with Crippen LogP contribution in [0.2, 0.25) is 0 Å². The van der Waals surface area contributed by atoms with Crippen molar-refractivity contribution in [2.75, 3.05) is 0 Å². The van der Waals surface area contributed by atoms with Gasteiger partial charge in [-0.05, 0) is 30.0 Å². The quantitative estimate of drug-likeness (QED) is 0.630. The summed E-state index contributed by atoms with van der Waals surface area (Å²) >= 11 is 0. The van der Waals surface area contributed by atoms with Crippen LogP contribution in [0.15, 0.2) is 18.2 Å². The predicted molar refractivity (Wildman–Crippen MR) is 47.7 cm³/mol. The highest BCUT2D eigenvalue weighted by atomic mass is 19.1. The van der Waals surface area contributed by atoms with Crippen LogP contribution < -0.4 is 5.73 Å². The fourth-order valence-electron chi connectivity index (χ4n) is 1.83. The van der Waals surface area contributed by atoms with Crippen LogP contribution in [0.1, 0.15) is 23.6 Å². The van der Waals surface area contributed by atoms with Crippen LogP contribution in [-0.4, -0.2) is 11.2 Å². The summed E-state index contributed by atoms with van der Waals surface area (Å²) in [6.45, 7) is 0. The first-order valence-corrected chi connectivity index (χ1v) is 4.41. The van der Waals surface area contributed by atoms with Gasteiger partial charge >= 0.3 is 0 Å². The Balaban J connectivity index is 2.49. The highest BCUT2D eigenvalue weighted by Gasteiger charge is 2.26. The van der Waals surface area contributed by atoms with E-state index in [1.54, 1.807) is 12.1 Å². The SMILES string of the molecule is N[C@H]1c2cccc(F)c2CC[C@@H]1O. The minimum Gasteiger partial charge on any atom is -0.391 e. The number of halogens is 1. The lowest BCUT2D eigenvalue weighted by atomic mass is 9.86. The van der Waals surface area contributed by atoms with Crippen molar-refractivity contribution in [2.45, 2.75) is 25.0 Å². The van der Waals surface area contributed by atoms with Crippen LogP contribution in [0.25, 0.3) is 0 Å². The topological polar surface area (TPSA) is 46.2 Å². The van der Waals surface area contributed by atoms with Gasteiger partial charge in [-0.3, -0.25) is 0 Å². The van der Waals surface area contributed by atoms with Crippen LogP contribution in [-0.2, 0) is 6.42 Å². The third-order valence-electron chi connectivity index (χ3n) is 2.62. The standard InChI is InChI=1S/C10H12FNO/c11-8-3-1-2-7-6(8)4-5-9(13)10(7)12/h1-3,9-10,13H,4-5,12H2/t9-,10-/m0/s1. The smallest absolute Gasteiger partial charge is 0.126 e. The Bertz CT molecular complexity index is 327. The molecule has 1 aromatic rings. The molecule has 0 spiro atoms. The van der Waals surface area contributed by atoms with Crippen LogP contribution in [0, 0.1) is 5.82 Å². The average molecular weight is 181 g/mol. The Morgan fingerprint density at radius 3 is 3.00 bits per heavy atom. The molecule has 0 aromatic heterocycles. The zero-order chi connectivity index (χ0) is 9.42. The van der Waals surface area contributed by atoms with Crippen LogP contribution in [0.3, 0.4) is 0 Å². The molecule has 2 rings (SSSR count). The molecule has 2 atom stereocenters. The first-order chi connectivity index (χ1) is 6.20. The van der Waals surface area contributed by atoms with Gasteiger partial charge in [-0.15, -0.1) is 0 Å². The number of hydrogen-bond donors (Lipinski definition) is 2. The maximum Gasteiger partial charge on any atom is 0.126 e. The van der Waals surface area contributed by atoms with E-state index in [0.29, 0.717) is 18.4 Å². The van der Waals surface area contributed by atoms with Crippen LogP contribution >= 0.6 is 0 Å². The molecule has 0 heterocycles. The molecule has 1 aliphatic rings. The van der Waals surface area contributed by atoms with Crippen molar-refractivity contribution in [2.24, 2.45) is 5.73 Å². The van der Waals surface area contributed by atoms with Crippen molar-refractivity contribution in [1.29, 1.82) is 0 Å². The molecule has 0 saturated heterocycles. The van der Waals surface area contributed by atoms with Crippen molar-refractivity contribution in [1.82, 2.24) is 0 Å². The lowest BCUT2D eigenvalue weighted by molar-refractivity contribution is 0.127. The van der Waals surface area contributed by atoms with Gasteiger partial charge < -0.3 is 10.8 Å². The van der Waals surface area contributed by atoms with Gasteiger partial charge in [0.15, 0.2) is 0 Å². The van der Waals surface area contributed by atoms with Gasteiger partial charge in [-0.2, -0.15) is 0 Å². The van der Waals surface area contributed by atoms with E-state index in [1.807, 2.05) is 0 Å². The van der Waals surface area contributed by atoms with E-state index in [4.69, 9.17) is 5.73 Å². The molecule has 13 heavy (non-hydrogen) atoms. The second-order valence-corrected chi connectivity index (χ2v) is 3.44. The zero-order valence-electron chi connectivity index (χ0n) is 7.20. The largest absolute Gasteiger partial charge is 0.391 e. The highest BCUT2D eigenvalue weighted by Crippen LogP contribution is 2.29. The van der Waals surface area contributed by atoms with Crippen molar-refractivity contribution in [3.05, 3.63) is 35.1 Å². The Morgan fingerprint density at radius 2 is 2.23 bits per heavy atom. The number of rotatable bonds is 0. The number of aliphatic hydroxyl groups is 1. The number of fused-ring (bicyclic) bond motifs is 1. The lowest BCUT2D eigenvalue weighted by Gasteiger charge is -2.27. The molecule has 0 aliphatic heterocycles. The first kappa shape index (κ1) is 8.66. The monoisotopic (exact) mass is 181 g/mol. The molecule has 0 fully saturated rings. The summed E-state index contributed by atoms with van der Waals surface area (Å²) < 4.78 is 13.2. The predicted octanol–water partition coefficient (Wildman–Crippen LogP) is 1.13. The van der Waals surface area contributed by atoms with Crippen molar-refractivity contribution < 1.29 is 9.50 Å². The van der Waals surface area contributed by atoms with E-state index < -0.39 is 12.1 Å². The zero-order valence-corrected chi connectivity index (χ0v) is 7.20. The fourth-order valence-corrected chi connectivity index (χ4v) is 1.83. The number of nitrogens with two attached hydrogens (primary N) is 1. The Kier molecular flexibility index (Phi) is 2.06. The van der Waals surface area contributed by atoms with Gasteiger partial charge in [-0.1, -0.05) is 12.1 Å². The Hall–Kier alpha value is -0.930. The maximum atomic E-state index is 13.2. The normalized spacial score (nSPS) is 27.0. The molecule has 3 N–H and O–H groups in total. The number of aliphatic hydroxyl groups excluding tert-OH is 1. The lowest BCUT2D eigenvalue weighted by Crippen LogP contribution is -2.31. The van der Waals surface area contributed by atoms with E-state index in [2.05, 4.69) is 0 Å². The molecule has 70 valence electrons. The number of benzene rings is 1. The third-order valence-corrected chi connectivity index (χ3v) is 2.62. The highest BCUT2D eigenvalue weighted by molar-refractivity contribution is 5.34. The molecule has 0 bridgehead atoms. The summed E-state index contributed by atoms with van der Waals surface area (Å²) in [6.07, 6.45) is 0.598. The van der Waals surface area contributed by atoms with E-state index >= 15 is 0 Å². The fraction of sp³-hybridized carbons (Fsp3) is 0.400. The van der Waals surface area contributed by atoms with Gasteiger partial charge in [0.1, 0.15) is 5.82 Å². The minimum atomic E-state index is -0.533. The average Bonchev–Trinajstić information content (AvgIpc) is 2.12. The summed E-state index contributed by atoms with van der Waals surface area (Å²) in [5.41, 5.74) is 7.16. The summed E-state index contributed by atoms with van der Waals surface area (Å²) in [5, 5.41) is 9.47. The van der Waals surface area contributed by atoms with Crippen molar-refractivity contribution >= 4 is 0 Å². The minimum absolute atomic E-state index is 0.208. The molecule has 1 aliphatic carbocycles. The third kappa shape index (κ3) is 1.34. The second kappa shape index (κ2) is 3.09. The van der Waals surface area contributed by atoms with Gasteiger partial charge in [0.25, 0.3) is 0 Å². The van der Waals surface area contributed by atoms with E-state index in [0.717, 1.165) is 5.56 Å². The van der Waals surface area contributed by atoms with Crippen LogP contribution in [0.4, 0.5) is 4.39 Å². The molecule has 1 aromatic carbocycles. The van der Waals surface area contributed by atoms with Gasteiger partial charge in [-0.25, -0.2) is 4.39 Å². The summed E-state index contributed by atoms with van der Waals surface area (Å²) in [7, 11) is 0. The summed E-state index contributed by atoms with van der Waals surface area (Å²) in [5.74, 6) is -0.208.